The van der Waals surface area contributed by atoms with E-state index >= 15 is 0 Å². The lowest BCUT2D eigenvalue weighted by atomic mass is 10.1. The minimum absolute atomic E-state index is 0.0863. The molecule has 0 saturated carbocycles. The van der Waals surface area contributed by atoms with Crippen LogP contribution in [0.25, 0.3) is 0 Å². The van der Waals surface area contributed by atoms with Crippen LogP contribution < -0.4 is 5.32 Å². The molecule has 1 N–H and O–H groups in total. The quantitative estimate of drug-likeness (QED) is 0.849. The average molecular weight is 272 g/mol. The highest BCUT2D eigenvalue weighted by molar-refractivity contribution is 7.89. The van der Waals surface area contributed by atoms with Gasteiger partial charge in [-0.2, -0.15) is 4.31 Å². The zero-order valence-corrected chi connectivity index (χ0v) is 11.7. The van der Waals surface area contributed by atoms with E-state index in [0.29, 0.717) is 6.54 Å². The zero-order valence-electron chi connectivity index (χ0n) is 10.8. The summed E-state index contributed by atoms with van der Waals surface area (Å²) < 4.78 is 28.2. The summed E-state index contributed by atoms with van der Waals surface area (Å²) in [6.07, 6.45) is 4.79. The third kappa shape index (κ3) is 2.57. The minimum atomic E-state index is -3.46. The van der Waals surface area contributed by atoms with Crippen LogP contribution in [0.1, 0.15) is 19.8 Å². The topological polar surface area (TPSA) is 67.2 Å². The van der Waals surface area contributed by atoms with Gasteiger partial charge < -0.3 is 9.88 Å². The molecule has 18 heavy (non-hydrogen) atoms. The van der Waals surface area contributed by atoms with E-state index < -0.39 is 10.0 Å². The Bertz CT molecular complexity index is 491. The van der Waals surface area contributed by atoms with Gasteiger partial charge in [-0.3, -0.25) is 0 Å². The average Bonchev–Trinajstić information content (AvgIpc) is 2.78. The molecule has 1 saturated heterocycles. The molecular formula is C11H20N4O2S. The van der Waals surface area contributed by atoms with Gasteiger partial charge in [0.05, 0.1) is 6.33 Å². The molecule has 1 aromatic heterocycles. The van der Waals surface area contributed by atoms with Crippen LogP contribution in [0.4, 0.5) is 0 Å². The summed E-state index contributed by atoms with van der Waals surface area (Å²) >= 11 is 0. The van der Waals surface area contributed by atoms with Crippen molar-refractivity contribution in [1.29, 1.82) is 0 Å². The monoisotopic (exact) mass is 272 g/mol. The van der Waals surface area contributed by atoms with Gasteiger partial charge >= 0.3 is 0 Å². The molecule has 2 rings (SSSR count). The smallest absolute Gasteiger partial charge is 0.262 e. The Hall–Kier alpha value is -0.920. The van der Waals surface area contributed by atoms with Crippen molar-refractivity contribution >= 4 is 10.0 Å². The molecule has 6 nitrogen and oxygen atoms in total. The van der Waals surface area contributed by atoms with Gasteiger partial charge in [0.25, 0.3) is 10.0 Å². The lowest BCUT2D eigenvalue weighted by Crippen LogP contribution is -2.46. The van der Waals surface area contributed by atoms with Crippen LogP contribution in [0.2, 0.25) is 0 Å². The van der Waals surface area contributed by atoms with Crippen LogP contribution in [-0.4, -0.2) is 48.0 Å². The maximum Gasteiger partial charge on any atom is 0.262 e. The lowest BCUT2D eigenvalue weighted by molar-refractivity contribution is 0.270. The zero-order chi connectivity index (χ0) is 13.2. The van der Waals surface area contributed by atoms with E-state index in [1.807, 2.05) is 6.92 Å². The Morgan fingerprint density at radius 1 is 1.50 bits per heavy atom. The van der Waals surface area contributed by atoms with Crippen LogP contribution >= 0.6 is 0 Å². The fourth-order valence-electron chi connectivity index (χ4n) is 2.36. The lowest BCUT2D eigenvalue weighted by Gasteiger charge is -2.32. The fraction of sp³-hybridized carbons (Fsp3) is 0.727. The summed E-state index contributed by atoms with van der Waals surface area (Å²) in [4.78, 5) is 3.97. The third-order valence-electron chi connectivity index (χ3n) is 3.28. The molecule has 0 unspecified atom stereocenters. The molecule has 0 spiro atoms. The van der Waals surface area contributed by atoms with Gasteiger partial charge in [0.2, 0.25) is 0 Å². The SMILES string of the molecule is CCN(C1CCNCC1)S(=O)(=O)c1cn(C)cn1. The molecule has 0 aromatic carbocycles. The van der Waals surface area contributed by atoms with Gasteiger partial charge in [0.1, 0.15) is 0 Å². The van der Waals surface area contributed by atoms with Gasteiger partial charge in [-0.25, -0.2) is 13.4 Å². The van der Waals surface area contributed by atoms with Gasteiger partial charge in [-0.15, -0.1) is 0 Å². The van der Waals surface area contributed by atoms with E-state index in [2.05, 4.69) is 10.3 Å². The number of imidazole rings is 1. The molecule has 102 valence electrons. The number of nitrogens with zero attached hydrogens (tertiary/aromatic N) is 3. The standard InChI is InChI=1S/C11H20N4O2S/c1-3-15(10-4-6-12-7-5-10)18(16,17)11-8-14(2)9-13-11/h8-10,12H,3-7H2,1-2H3. The molecule has 1 aliphatic heterocycles. The summed E-state index contributed by atoms with van der Waals surface area (Å²) in [7, 11) is -1.69. The highest BCUT2D eigenvalue weighted by Crippen LogP contribution is 2.20. The second-order valence-corrected chi connectivity index (χ2v) is 6.40. The molecule has 0 amide bonds. The van der Waals surface area contributed by atoms with E-state index in [1.165, 1.54) is 6.33 Å². The van der Waals surface area contributed by atoms with Crippen molar-refractivity contribution in [3.05, 3.63) is 12.5 Å². The minimum Gasteiger partial charge on any atom is -0.339 e. The number of aromatic nitrogens is 2. The molecule has 1 fully saturated rings. The van der Waals surface area contributed by atoms with Crippen molar-refractivity contribution in [2.24, 2.45) is 7.05 Å². The summed E-state index contributed by atoms with van der Waals surface area (Å²) in [5.41, 5.74) is 0. The molecular weight excluding hydrogens is 252 g/mol. The normalized spacial score (nSPS) is 18.4. The van der Waals surface area contributed by atoms with Crippen molar-refractivity contribution in [3.63, 3.8) is 0 Å². The van der Waals surface area contributed by atoms with Crippen LogP contribution in [0.5, 0.6) is 0 Å². The number of piperidine rings is 1. The Morgan fingerprint density at radius 3 is 2.67 bits per heavy atom. The molecule has 0 radical (unpaired) electrons. The number of nitrogens with one attached hydrogen (secondary N) is 1. The molecule has 2 heterocycles. The van der Waals surface area contributed by atoms with Crippen molar-refractivity contribution in [2.75, 3.05) is 19.6 Å². The molecule has 0 bridgehead atoms. The predicted molar refractivity (Wildman–Crippen MR) is 68.7 cm³/mol. The number of aryl methyl sites for hydroxylation is 1. The van der Waals surface area contributed by atoms with Gasteiger partial charge in [0, 0.05) is 25.8 Å². The number of sulfonamides is 1. The first-order valence-corrected chi connectivity index (χ1v) is 7.70. The summed E-state index contributed by atoms with van der Waals surface area (Å²) in [5.74, 6) is 0. The third-order valence-corrected chi connectivity index (χ3v) is 5.20. The molecule has 7 heteroatoms. The highest BCUT2D eigenvalue weighted by Gasteiger charge is 2.32. The van der Waals surface area contributed by atoms with E-state index in [1.54, 1.807) is 22.1 Å². The maximum atomic E-state index is 12.5. The fourth-order valence-corrected chi connectivity index (χ4v) is 4.02. The second kappa shape index (κ2) is 5.38. The molecule has 0 aliphatic carbocycles. The Kier molecular flexibility index (Phi) is 4.04. The van der Waals surface area contributed by atoms with Crippen molar-refractivity contribution in [1.82, 2.24) is 19.2 Å². The predicted octanol–water partition coefficient (Wildman–Crippen LogP) is 0.183. The molecule has 1 aliphatic rings. The van der Waals surface area contributed by atoms with E-state index in [9.17, 15) is 8.42 Å². The summed E-state index contributed by atoms with van der Waals surface area (Å²) in [6.45, 7) is 4.11. The summed E-state index contributed by atoms with van der Waals surface area (Å²) in [5, 5.41) is 3.39. The van der Waals surface area contributed by atoms with Gasteiger partial charge in [-0.1, -0.05) is 6.92 Å². The van der Waals surface area contributed by atoms with Crippen LogP contribution in [-0.2, 0) is 17.1 Å². The number of hydrogen-bond donors (Lipinski definition) is 1. The van der Waals surface area contributed by atoms with E-state index in [0.717, 1.165) is 25.9 Å². The van der Waals surface area contributed by atoms with Gasteiger partial charge in [0.15, 0.2) is 5.03 Å². The largest absolute Gasteiger partial charge is 0.339 e. The second-order valence-electron chi connectivity index (χ2n) is 4.57. The highest BCUT2D eigenvalue weighted by atomic mass is 32.2. The first kappa shape index (κ1) is 13.5. The molecule has 1 aromatic rings. The first-order chi connectivity index (χ1) is 8.55. The Labute approximate surface area is 108 Å². The van der Waals surface area contributed by atoms with Gasteiger partial charge in [-0.05, 0) is 25.9 Å². The van der Waals surface area contributed by atoms with Crippen LogP contribution in [0.15, 0.2) is 17.6 Å². The Balaban J connectivity index is 2.25. The summed E-state index contributed by atoms with van der Waals surface area (Å²) in [6, 6.07) is 0.0863. The number of rotatable bonds is 4. The van der Waals surface area contributed by atoms with Crippen molar-refractivity contribution < 1.29 is 8.42 Å². The first-order valence-electron chi connectivity index (χ1n) is 6.26. The van der Waals surface area contributed by atoms with E-state index in [4.69, 9.17) is 0 Å². The molecule has 0 atom stereocenters. The van der Waals surface area contributed by atoms with E-state index in [-0.39, 0.29) is 11.1 Å². The maximum absolute atomic E-state index is 12.5. The van der Waals surface area contributed by atoms with Crippen molar-refractivity contribution in [3.8, 4) is 0 Å². The number of hydrogen-bond acceptors (Lipinski definition) is 4. The Morgan fingerprint density at radius 2 is 2.17 bits per heavy atom. The van der Waals surface area contributed by atoms with Crippen molar-refractivity contribution in [2.45, 2.75) is 30.8 Å². The van der Waals surface area contributed by atoms with Crippen LogP contribution in [0.3, 0.4) is 0 Å². The van der Waals surface area contributed by atoms with Crippen LogP contribution in [0, 0.1) is 0 Å².